The molecule has 15 heavy (non-hydrogen) atoms. The molecule has 0 aliphatic carbocycles. The van der Waals surface area contributed by atoms with Gasteiger partial charge in [-0.05, 0) is 20.8 Å². The molecule has 1 aromatic rings. The minimum Gasteiger partial charge on any atom is -0.458 e. The van der Waals surface area contributed by atoms with Crippen molar-refractivity contribution in [3.63, 3.8) is 0 Å². The first-order valence-corrected chi connectivity index (χ1v) is 4.80. The van der Waals surface area contributed by atoms with E-state index in [0.29, 0.717) is 5.88 Å². The number of hydrogen-bond acceptors (Lipinski definition) is 4. The molecule has 0 radical (unpaired) electrons. The normalized spacial score (nSPS) is 10.5. The fraction of sp³-hybridized carbons (Fsp3) is 0.455. The fourth-order valence-corrected chi connectivity index (χ4v) is 0.964. The monoisotopic (exact) mass is 205 g/mol. The van der Waals surface area contributed by atoms with Crippen molar-refractivity contribution in [1.82, 2.24) is 9.97 Å². The van der Waals surface area contributed by atoms with Crippen molar-refractivity contribution < 1.29 is 4.74 Å². The molecule has 0 fully saturated rings. The van der Waals surface area contributed by atoms with E-state index in [9.17, 15) is 0 Å². The Bertz CT molecular complexity index is 368. The zero-order chi connectivity index (χ0) is 11.3. The Morgan fingerprint density at radius 1 is 1.53 bits per heavy atom. The Morgan fingerprint density at radius 3 is 2.87 bits per heavy atom. The minimum atomic E-state index is -0.655. The van der Waals surface area contributed by atoms with Crippen LogP contribution in [0.2, 0.25) is 0 Å². The van der Waals surface area contributed by atoms with Gasteiger partial charge in [0.2, 0.25) is 5.88 Å². The standard InChI is InChI=1S/C11H15N3O/c1-5-11(3,4)15-10-7-9(12-6-2)13-8-14-10/h1,7-8H,6H2,2-4H3,(H,12,13,14). The first kappa shape index (κ1) is 11.3. The molecular formula is C11H15N3O. The summed E-state index contributed by atoms with van der Waals surface area (Å²) in [5, 5.41) is 3.07. The summed E-state index contributed by atoms with van der Waals surface area (Å²) in [5.41, 5.74) is -0.655. The van der Waals surface area contributed by atoms with Crippen molar-refractivity contribution in [2.45, 2.75) is 26.4 Å². The molecule has 0 amide bonds. The van der Waals surface area contributed by atoms with E-state index < -0.39 is 5.60 Å². The molecule has 0 aliphatic rings. The van der Waals surface area contributed by atoms with Gasteiger partial charge in [-0.25, -0.2) is 9.97 Å². The summed E-state index contributed by atoms with van der Waals surface area (Å²) in [6.07, 6.45) is 6.76. The Morgan fingerprint density at radius 2 is 2.27 bits per heavy atom. The SMILES string of the molecule is C#CC(C)(C)Oc1cc(NCC)ncn1. The van der Waals surface area contributed by atoms with E-state index in [2.05, 4.69) is 21.2 Å². The van der Waals surface area contributed by atoms with Crippen molar-refractivity contribution in [1.29, 1.82) is 0 Å². The van der Waals surface area contributed by atoms with Crippen LogP contribution < -0.4 is 10.1 Å². The predicted octanol–water partition coefficient (Wildman–Crippen LogP) is 1.70. The second-order valence-electron chi connectivity index (χ2n) is 3.53. The van der Waals surface area contributed by atoms with Crippen molar-refractivity contribution in [2.75, 3.05) is 11.9 Å². The molecule has 0 atom stereocenters. The van der Waals surface area contributed by atoms with E-state index in [1.165, 1.54) is 6.33 Å². The van der Waals surface area contributed by atoms with Gasteiger partial charge in [0.25, 0.3) is 0 Å². The van der Waals surface area contributed by atoms with Gasteiger partial charge in [0, 0.05) is 12.6 Å². The largest absolute Gasteiger partial charge is 0.458 e. The van der Waals surface area contributed by atoms with Crippen LogP contribution >= 0.6 is 0 Å². The molecule has 1 rings (SSSR count). The van der Waals surface area contributed by atoms with Crippen LogP contribution in [0, 0.1) is 12.3 Å². The van der Waals surface area contributed by atoms with Crippen LogP contribution in [-0.2, 0) is 0 Å². The third-order valence-electron chi connectivity index (χ3n) is 1.71. The summed E-state index contributed by atoms with van der Waals surface area (Å²) in [5.74, 6) is 3.75. The number of hydrogen-bond donors (Lipinski definition) is 1. The Kier molecular flexibility index (Phi) is 3.51. The van der Waals surface area contributed by atoms with E-state index in [4.69, 9.17) is 11.2 Å². The second-order valence-corrected chi connectivity index (χ2v) is 3.53. The van der Waals surface area contributed by atoms with Crippen molar-refractivity contribution in [2.24, 2.45) is 0 Å². The van der Waals surface area contributed by atoms with Crippen molar-refractivity contribution in [3.8, 4) is 18.2 Å². The van der Waals surface area contributed by atoms with E-state index in [-0.39, 0.29) is 0 Å². The third kappa shape index (κ3) is 3.47. The molecular weight excluding hydrogens is 190 g/mol. The molecule has 0 aromatic carbocycles. The zero-order valence-corrected chi connectivity index (χ0v) is 9.24. The average molecular weight is 205 g/mol. The van der Waals surface area contributed by atoms with E-state index in [1.807, 2.05) is 20.8 Å². The number of terminal acetylenes is 1. The number of ether oxygens (including phenoxy) is 1. The molecule has 80 valence electrons. The van der Waals surface area contributed by atoms with Gasteiger partial charge in [0.15, 0.2) is 5.60 Å². The minimum absolute atomic E-state index is 0.476. The highest BCUT2D eigenvalue weighted by Gasteiger charge is 2.16. The Balaban J connectivity index is 2.79. The smallest absolute Gasteiger partial charge is 0.219 e. The number of aromatic nitrogens is 2. The molecule has 0 unspecified atom stereocenters. The first-order chi connectivity index (χ1) is 7.07. The maximum Gasteiger partial charge on any atom is 0.219 e. The van der Waals surface area contributed by atoms with Gasteiger partial charge in [-0.1, -0.05) is 5.92 Å². The van der Waals surface area contributed by atoms with Crippen LogP contribution in [0.1, 0.15) is 20.8 Å². The van der Waals surface area contributed by atoms with Crippen LogP contribution in [0.15, 0.2) is 12.4 Å². The molecule has 4 heteroatoms. The summed E-state index contributed by atoms with van der Waals surface area (Å²) < 4.78 is 5.51. The maximum atomic E-state index is 5.51. The third-order valence-corrected chi connectivity index (χ3v) is 1.71. The lowest BCUT2D eigenvalue weighted by atomic mass is 10.1. The van der Waals surface area contributed by atoms with E-state index in [0.717, 1.165) is 12.4 Å². The molecule has 0 saturated carbocycles. The summed E-state index contributed by atoms with van der Waals surface area (Å²) in [6.45, 7) is 6.41. The van der Waals surface area contributed by atoms with Gasteiger partial charge < -0.3 is 10.1 Å². The lowest BCUT2D eigenvalue weighted by Crippen LogP contribution is -2.26. The topological polar surface area (TPSA) is 47.0 Å². The molecule has 0 saturated heterocycles. The lowest BCUT2D eigenvalue weighted by molar-refractivity contribution is 0.164. The van der Waals surface area contributed by atoms with E-state index in [1.54, 1.807) is 6.07 Å². The highest BCUT2D eigenvalue weighted by Crippen LogP contribution is 2.16. The summed E-state index contributed by atoms with van der Waals surface area (Å²) in [4.78, 5) is 8.02. The fourth-order valence-electron chi connectivity index (χ4n) is 0.964. The van der Waals surface area contributed by atoms with Crippen LogP contribution in [-0.4, -0.2) is 22.1 Å². The van der Waals surface area contributed by atoms with Gasteiger partial charge in [-0.15, -0.1) is 6.42 Å². The van der Waals surface area contributed by atoms with Gasteiger partial charge >= 0.3 is 0 Å². The molecule has 0 bridgehead atoms. The number of rotatable bonds is 4. The van der Waals surface area contributed by atoms with Gasteiger partial charge in [-0.2, -0.15) is 0 Å². The van der Waals surface area contributed by atoms with E-state index >= 15 is 0 Å². The Labute approximate surface area is 90.1 Å². The van der Waals surface area contributed by atoms with Crippen molar-refractivity contribution >= 4 is 5.82 Å². The molecule has 1 heterocycles. The number of nitrogens with one attached hydrogen (secondary N) is 1. The summed E-state index contributed by atoms with van der Waals surface area (Å²) in [7, 11) is 0. The first-order valence-electron chi connectivity index (χ1n) is 4.80. The molecule has 0 spiro atoms. The summed E-state index contributed by atoms with van der Waals surface area (Å²) in [6, 6.07) is 1.72. The molecule has 0 aliphatic heterocycles. The predicted molar refractivity (Wildman–Crippen MR) is 59.7 cm³/mol. The number of anilines is 1. The van der Waals surface area contributed by atoms with Gasteiger partial charge in [-0.3, -0.25) is 0 Å². The highest BCUT2D eigenvalue weighted by molar-refractivity contribution is 5.37. The highest BCUT2D eigenvalue weighted by atomic mass is 16.5. The molecule has 4 nitrogen and oxygen atoms in total. The van der Waals surface area contributed by atoms with Gasteiger partial charge in [0.1, 0.15) is 12.1 Å². The van der Waals surface area contributed by atoms with Crippen LogP contribution in [0.25, 0.3) is 0 Å². The average Bonchev–Trinajstić information content (AvgIpc) is 2.18. The van der Waals surface area contributed by atoms with Crippen LogP contribution in [0.3, 0.4) is 0 Å². The summed E-state index contributed by atoms with van der Waals surface area (Å²) >= 11 is 0. The molecule has 1 N–H and O–H groups in total. The quantitative estimate of drug-likeness (QED) is 0.760. The molecule has 1 aromatic heterocycles. The second kappa shape index (κ2) is 4.65. The lowest BCUT2D eigenvalue weighted by Gasteiger charge is -2.19. The Hall–Kier alpha value is -1.76. The van der Waals surface area contributed by atoms with Gasteiger partial charge in [0.05, 0.1) is 0 Å². The zero-order valence-electron chi connectivity index (χ0n) is 9.24. The van der Waals surface area contributed by atoms with Crippen LogP contribution in [0.5, 0.6) is 5.88 Å². The van der Waals surface area contributed by atoms with Crippen LogP contribution in [0.4, 0.5) is 5.82 Å². The van der Waals surface area contributed by atoms with Crippen molar-refractivity contribution in [3.05, 3.63) is 12.4 Å². The maximum absolute atomic E-state index is 5.51. The number of nitrogens with zero attached hydrogens (tertiary/aromatic N) is 2.